The van der Waals surface area contributed by atoms with Gasteiger partial charge in [-0.15, -0.1) is 11.3 Å². The maximum atomic E-state index is 13.8. The molecule has 10 heteroatoms. The molecule has 0 bridgehead atoms. The normalized spacial score (nSPS) is 13.1. The maximum Gasteiger partial charge on any atom is 0.410 e. The Morgan fingerprint density at radius 1 is 1.40 bits per heavy atom. The van der Waals surface area contributed by atoms with Crippen LogP contribution in [0.3, 0.4) is 0 Å². The third kappa shape index (κ3) is 4.45. The summed E-state index contributed by atoms with van der Waals surface area (Å²) in [7, 11) is 0. The molecule has 0 saturated heterocycles. The average Bonchev–Trinajstić information content (AvgIpc) is 3.06. The molecular formula is C20H16ClF2N3O3S. The number of benzene rings is 1. The highest BCUT2D eigenvalue weighted by Crippen LogP contribution is 2.37. The van der Waals surface area contributed by atoms with Gasteiger partial charge in [-0.05, 0) is 37.1 Å². The van der Waals surface area contributed by atoms with Crippen LogP contribution in [-0.4, -0.2) is 30.1 Å². The van der Waals surface area contributed by atoms with Gasteiger partial charge in [0, 0.05) is 23.1 Å². The molecule has 1 aliphatic heterocycles. The third-order valence-electron chi connectivity index (χ3n) is 4.41. The summed E-state index contributed by atoms with van der Waals surface area (Å²) in [4.78, 5) is 26.5. The minimum atomic E-state index is -0.804. The lowest BCUT2D eigenvalue weighted by atomic mass is 10.0. The SMILES string of the molecule is CCOC(=O)N1CCc2c(sc(NC(=O)/C=C/c3c(F)ccc(F)c3Cl)c2C#N)C1. The number of thiophene rings is 1. The summed E-state index contributed by atoms with van der Waals surface area (Å²) in [6.45, 7) is 2.67. The van der Waals surface area contributed by atoms with E-state index in [0.29, 0.717) is 23.5 Å². The van der Waals surface area contributed by atoms with Crippen molar-refractivity contribution in [1.29, 1.82) is 5.26 Å². The molecular weight excluding hydrogens is 436 g/mol. The van der Waals surface area contributed by atoms with Crippen LogP contribution in [0.4, 0.5) is 18.6 Å². The van der Waals surface area contributed by atoms with Gasteiger partial charge in [-0.3, -0.25) is 4.79 Å². The summed E-state index contributed by atoms with van der Waals surface area (Å²) in [6.07, 6.45) is 2.10. The molecule has 0 radical (unpaired) electrons. The quantitative estimate of drug-likeness (QED) is 0.538. The molecule has 0 aliphatic carbocycles. The number of nitrogens with zero attached hydrogens (tertiary/aromatic N) is 2. The Morgan fingerprint density at radius 2 is 2.13 bits per heavy atom. The summed E-state index contributed by atoms with van der Waals surface area (Å²) < 4.78 is 32.3. The van der Waals surface area contributed by atoms with Gasteiger partial charge < -0.3 is 15.0 Å². The summed E-state index contributed by atoms with van der Waals surface area (Å²) in [5.41, 5.74) is 0.861. The molecule has 156 valence electrons. The molecule has 0 atom stereocenters. The molecule has 1 aromatic heterocycles. The first-order valence-corrected chi connectivity index (χ1v) is 10.1. The van der Waals surface area contributed by atoms with Crippen LogP contribution in [0.15, 0.2) is 18.2 Å². The van der Waals surface area contributed by atoms with Crippen LogP contribution in [0.1, 0.15) is 28.5 Å². The van der Waals surface area contributed by atoms with Crippen molar-refractivity contribution in [2.75, 3.05) is 18.5 Å². The number of amides is 2. The third-order valence-corrected chi connectivity index (χ3v) is 5.93. The van der Waals surface area contributed by atoms with Gasteiger partial charge in [0.25, 0.3) is 0 Å². The number of halogens is 3. The summed E-state index contributed by atoms with van der Waals surface area (Å²) in [5, 5.41) is 12.0. The Hall–Kier alpha value is -2.96. The van der Waals surface area contributed by atoms with Gasteiger partial charge in [0.2, 0.25) is 5.91 Å². The fourth-order valence-corrected chi connectivity index (χ4v) is 4.42. The predicted molar refractivity (Wildman–Crippen MR) is 109 cm³/mol. The minimum absolute atomic E-state index is 0.247. The van der Waals surface area contributed by atoms with E-state index in [0.717, 1.165) is 34.7 Å². The summed E-state index contributed by atoms with van der Waals surface area (Å²) in [5.74, 6) is -2.21. The smallest absolute Gasteiger partial charge is 0.410 e. The molecule has 0 spiro atoms. The second-order valence-corrected chi connectivity index (χ2v) is 7.75. The van der Waals surface area contributed by atoms with Crippen LogP contribution < -0.4 is 5.32 Å². The fourth-order valence-electron chi connectivity index (χ4n) is 2.99. The number of hydrogen-bond donors (Lipinski definition) is 1. The van der Waals surface area contributed by atoms with E-state index in [9.17, 15) is 23.6 Å². The van der Waals surface area contributed by atoms with Crippen molar-refractivity contribution in [1.82, 2.24) is 4.90 Å². The Kier molecular flexibility index (Phi) is 6.70. The van der Waals surface area contributed by atoms with E-state index in [1.807, 2.05) is 0 Å². The molecule has 30 heavy (non-hydrogen) atoms. The first-order chi connectivity index (χ1) is 14.3. The van der Waals surface area contributed by atoms with Crippen LogP contribution in [0, 0.1) is 23.0 Å². The monoisotopic (exact) mass is 451 g/mol. The number of carbonyl (C=O) groups is 2. The average molecular weight is 452 g/mol. The first-order valence-electron chi connectivity index (χ1n) is 8.94. The topological polar surface area (TPSA) is 82.4 Å². The zero-order valence-corrected chi connectivity index (χ0v) is 17.4. The van der Waals surface area contributed by atoms with E-state index in [1.165, 1.54) is 16.2 Å². The van der Waals surface area contributed by atoms with Crippen molar-refractivity contribution in [3.05, 3.63) is 56.4 Å². The molecule has 2 aromatic rings. The van der Waals surface area contributed by atoms with Gasteiger partial charge in [-0.25, -0.2) is 13.6 Å². The zero-order valence-electron chi connectivity index (χ0n) is 15.8. The molecule has 3 rings (SSSR count). The highest BCUT2D eigenvalue weighted by atomic mass is 35.5. The minimum Gasteiger partial charge on any atom is -0.450 e. The van der Waals surface area contributed by atoms with Gasteiger partial charge in [0.15, 0.2) is 0 Å². The Morgan fingerprint density at radius 3 is 2.83 bits per heavy atom. The van der Waals surface area contributed by atoms with Gasteiger partial charge in [0.1, 0.15) is 22.7 Å². The number of anilines is 1. The zero-order chi connectivity index (χ0) is 21.8. The van der Waals surface area contributed by atoms with E-state index in [4.69, 9.17) is 16.3 Å². The number of nitriles is 1. The second kappa shape index (κ2) is 9.24. The van der Waals surface area contributed by atoms with Crippen molar-refractivity contribution < 1.29 is 23.1 Å². The Labute approximate surface area is 180 Å². The summed E-state index contributed by atoms with van der Waals surface area (Å²) >= 11 is 6.93. The Balaban J connectivity index is 1.78. The van der Waals surface area contributed by atoms with Crippen LogP contribution in [-0.2, 0) is 22.5 Å². The molecule has 1 aromatic carbocycles. The van der Waals surface area contributed by atoms with Crippen molar-refractivity contribution in [2.24, 2.45) is 0 Å². The van der Waals surface area contributed by atoms with Crippen molar-refractivity contribution in [3.8, 4) is 6.07 Å². The van der Waals surface area contributed by atoms with Gasteiger partial charge >= 0.3 is 6.09 Å². The maximum absolute atomic E-state index is 13.8. The van der Waals surface area contributed by atoms with Crippen LogP contribution >= 0.6 is 22.9 Å². The molecule has 1 N–H and O–H groups in total. The van der Waals surface area contributed by atoms with E-state index >= 15 is 0 Å². The van der Waals surface area contributed by atoms with Crippen molar-refractivity contribution in [3.63, 3.8) is 0 Å². The molecule has 0 fully saturated rings. The van der Waals surface area contributed by atoms with Gasteiger partial charge in [-0.2, -0.15) is 5.26 Å². The highest BCUT2D eigenvalue weighted by Gasteiger charge is 2.28. The molecule has 6 nitrogen and oxygen atoms in total. The number of fused-ring (bicyclic) bond motifs is 1. The largest absolute Gasteiger partial charge is 0.450 e. The van der Waals surface area contributed by atoms with E-state index in [1.54, 1.807) is 6.92 Å². The fraction of sp³-hybridized carbons (Fsp3) is 0.250. The van der Waals surface area contributed by atoms with Gasteiger partial charge in [0.05, 0.1) is 23.7 Å². The summed E-state index contributed by atoms with van der Waals surface area (Å²) in [6, 6.07) is 3.89. The lowest BCUT2D eigenvalue weighted by Gasteiger charge is -2.25. The number of nitrogens with one attached hydrogen (secondary N) is 1. The molecule has 0 unspecified atom stereocenters. The molecule has 1 aliphatic rings. The molecule has 2 heterocycles. The van der Waals surface area contributed by atoms with E-state index in [-0.39, 0.29) is 18.7 Å². The Bertz CT molecular complexity index is 1080. The van der Waals surface area contributed by atoms with E-state index in [2.05, 4.69) is 11.4 Å². The molecule has 2 amide bonds. The molecule has 0 saturated carbocycles. The van der Waals surface area contributed by atoms with E-state index < -0.39 is 28.7 Å². The number of ether oxygens (including phenoxy) is 1. The number of rotatable bonds is 4. The number of hydrogen-bond acceptors (Lipinski definition) is 5. The second-order valence-electron chi connectivity index (χ2n) is 6.27. The van der Waals surface area contributed by atoms with Crippen LogP contribution in [0.5, 0.6) is 0 Å². The van der Waals surface area contributed by atoms with Crippen molar-refractivity contribution >= 4 is 46.0 Å². The standard InChI is InChI=1S/C20H16ClF2N3O3S/c1-2-29-20(28)26-8-7-11-13(9-24)19(30-16(11)10-26)25-17(27)6-3-12-14(22)4-5-15(23)18(12)21/h3-6H,2,7-8,10H2,1H3,(H,25,27)/b6-3+. The predicted octanol–water partition coefficient (Wildman–Crippen LogP) is 4.72. The first kappa shape index (κ1) is 21.7. The number of carbonyl (C=O) groups excluding carboxylic acids is 2. The lowest BCUT2D eigenvalue weighted by Crippen LogP contribution is -2.35. The van der Waals surface area contributed by atoms with Crippen molar-refractivity contribution in [2.45, 2.75) is 19.9 Å². The van der Waals surface area contributed by atoms with Gasteiger partial charge in [-0.1, -0.05) is 11.6 Å². The van der Waals surface area contributed by atoms with Crippen LogP contribution in [0.2, 0.25) is 5.02 Å². The highest BCUT2D eigenvalue weighted by molar-refractivity contribution is 7.16. The lowest BCUT2D eigenvalue weighted by molar-refractivity contribution is -0.111. The van der Waals surface area contributed by atoms with Crippen LogP contribution in [0.25, 0.3) is 6.08 Å².